The van der Waals surface area contributed by atoms with Crippen molar-refractivity contribution in [3.63, 3.8) is 0 Å². The molecule has 1 aliphatic carbocycles. The summed E-state index contributed by atoms with van der Waals surface area (Å²) in [6.07, 6.45) is 4.11. The number of halogens is 2. The van der Waals surface area contributed by atoms with Crippen LogP contribution in [0.3, 0.4) is 0 Å². The lowest BCUT2D eigenvalue weighted by Gasteiger charge is -2.31. The predicted octanol–water partition coefficient (Wildman–Crippen LogP) is 4.50. The molecule has 1 amide bonds. The third-order valence-electron chi connectivity index (χ3n) is 7.04. The van der Waals surface area contributed by atoms with Crippen molar-refractivity contribution in [3.05, 3.63) is 48.2 Å². The number of carbonyl (C=O) groups excluding carboxylic acids is 1. The fourth-order valence-electron chi connectivity index (χ4n) is 4.47. The molecule has 3 fully saturated rings. The van der Waals surface area contributed by atoms with E-state index in [2.05, 4.69) is 16.8 Å². The fourth-order valence-corrected chi connectivity index (χ4v) is 4.47. The van der Waals surface area contributed by atoms with Crippen LogP contribution >= 0.6 is 0 Å². The smallest absolute Gasteiger partial charge is 0.255 e. The summed E-state index contributed by atoms with van der Waals surface area (Å²) in [4.78, 5) is 20.7. The van der Waals surface area contributed by atoms with Crippen LogP contribution in [-0.2, 0) is 4.79 Å². The molecule has 3 aliphatic rings. The third-order valence-corrected chi connectivity index (χ3v) is 7.04. The van der Waals surface area contributed by atoms with Gasteiger partial charge in [0.1, 0.15) is 23.4 Å². The van der Waals surface area contributed by atoms with Gasteiger partial charge in [0, 0.05) is 38.9 Å². The Kier molecular flexibility index (Phi) is 6.32. The Balaban J connectivity index is 1.08. The number of likely N-dealkylation sites (tertiary alicyclic amines) is 1. The monoisotopic (exact) mass is 471 g/mol. The number of hydrogen-bond donors (Lipinski definition) is 0. The van der Waals surface area contributed by atoms with Gasteiger partial charge in [-0.25, -0.2) is 13.8 Å². The molecule has 6 nitrogen and oxygen atoms in total. The number of anilines is 1. The molecular weight excluding hydrogens is 440 g/mol. The van der Waals surface area contributed by atoms with Crippen molar-refractivity contribution in [3.8, 4) is 11.5 Å². The molecule has 1 saturated carbocycles. The molecule has 3 heterocycles. The maximum Gasteiger partial charge on any atom is 0.255 e. The first-order valence-corrected chi connectivity index (χ1v) is 12.1. The number of ether oxygens (including phenoxy) is 2. The van der Waals surface area contributed by atoms with E-state index in [0.717, 1.165) is 56.2 Å². The van der Waals surface area contributed by atoms with Gasteiger partial charge in [0.25, 0.3) is 5.92 Å². The standard InChI is InChI=1S/C26H31F2N3O3/c1-18(13-25(32)30-10-2-11-30)19-3-5-21(6-4-19)34-23-9-12-31(16-23)24-8-7-22(15-29-24)33-17-20-14-26(20,27)28/h3-8,15,18,20,23H,2,9-14,16-17H2,1H3/t18-,20?,23?/m1/s1. The highest BCUT2D eigenvalue weighted by Crippen LogP contribution is 2.48. The quantitative estimate of drug-likeness (QED) is 0.539. The van der Waals surface area contributed by atoms with Gasteiger partial charge in [0.05, 0.1) is 25.3 Å². The number of hydrogen-bond acceptors (Lipinski definition) is 5. The van der Waals surface area contributed by atoms with Gasteiger partial charge in [0.2, 0.25) is 5.91 Å². The van der Waals surface area contributed by atoms with E-state index in [4.69, 9.17) is 9.47 Å². The molecule has 0 spiro atoms. The summed E-state index contributed by atoms with van der Waals surface area (Å²) in [5, 5.41) is 0. The molecule has 2 unspecified atom stereocenters. The third kappa shape index (κ3) is 5.26. The number of alkyl halides is 2. The zero-order chi connectivity index (χ0) is 23.7. The van der Waals surface area contributed by atoms with Crippen molar-refractivity contribution in [1.82, 2.24) is 9.88 Å². The highest BCUT2D eigenvalue weighted by Gasteiger charge is 2.57. The number of benzene rings is 1. The minimum Gasteiger partial charge on any atom is -0.491 e. The lowest BCUT2D eigenvalue weighted by atomic mass is 9.96. The average Bonchev–Trinajstić information content (AvgIpc) is 3.15. The molecule has 0 bridgehead atoms. The van der Waals surface area contributed by atoms with Crippen LogP contribution in [0.15, 0.2) is 42.6 Å². The minimum absolute atomic E-state index is 0.0278. The minimum atomic E-state index is -2.57. The summed E-state index contributed by atoms with van der Waals surface area (Å²) in [7, 11) is 0. The Labute approximate surface area is 198 Å². The lowest BCUT2D eigenvalue weighted by Crippen LogP contribution is -2.42. The number of amides is 1. The van der Waals surface area contributed by atoms with Crippen molar-refractivity contribution in [2.24, 2.45) is 5.92 Å². The number of pyridine rings is 1. The van der Waals surface area contributed by atoms with E-state index >= 15 is 0 Å². The molecule has 0 N–H and O–H groups in total. The highest BCUT2D eigenvalue weighted by molar-refractivity contribution is 5.77. The molecule has 5 rings (SSSR count). The van der Waals surface area contributed by atoms with Crippen LogP contribution in [-0.4, -0.2) is 60.6 Å². The van der Waals surface area contributed by atoms with Crippen LogP contribution in [0.5, 0.6) is 11.5 Å². The molecule has 0 radical (unpaired) electrons. The normalized spacial score (nSPS) is 23.9. The fraction of sp³-hybridized carbons (Fsp3) is 0.538. The Morgan fingerprint density at radius 3 is 2.50 bits per heavy atom. The van der Waals surface area contributed by atoms with Crippen LogP contribution in [0.25, 0.3) is 0 Å². The van der Waals surface area contributed by atoms with E-state index in [0.29, 0.717) is 12.2 Å². The second-order valence-corrected chi connectivity index (χ2v) is 9.71. The van der Waals surface area contributed by atoms with Crippen LogP contribution in [0.1, 0.15) is 44.1 Å². The van der Waals surface area contributed by atoms with Gasteiger partial charge in [-0.15, -0.1) is 0 Å². The Bertz CT molecular complexity index is 995. The van der Waals surface area contributed by atoms with Crippen molar-refractivity contribution in [2.75, 3.05) is 37.7 Å². The molecule has 2 aromatic rings. The lowest BCUT2D eigenvalue weighted by molar-refractivity contribution is -0.134. The predicted molar refractivity (Wildman–Crippen MR) is 125 cm³/mol. The van der Waals surface area contributed by atoms with E-state index in [9.17, 15) is 13.6 Å². The van der Waals surface area contributed by atoms with Gasteiger partial charge in [-0.3, -0.25) is 4.79 Å². The average molecular weight is 472 g/mol. The van der Waals surface area contributed by atoms with Gasteiger partial charge in [0.15, 0.2) is 0 Å². The van der Waals surface area contributed by atoms with Gasteiger partial charge in [-0.1, -0.05) is 19.1 Å². The molecule has 34 heavy (non-hydrogen) atoms. The largest absolute Gasteiger partial charge is 0.491 e. The Hall–Kier alpha value is -2.90. The van der Waals surface area contributed by atoms with Crippen molar-refractivity contribution in [1.29, 1.82) is 0 Å². The first-order valence-electron chi connectivity index (χ1n) is 12.1. The molecular formula is C26H31F2N3O3. The van der Waals surface area contributed by atoms with Gasteiger partial charge >= 0.3 is 0 Å². The first kappa shape index (κ1) is 22.9. The summed E-state index contributed by atoms with van der Waals surface area (Å²) >= 11 is 0. The van der Waals surface area contributed by atoms with Crippen molar-refractivity contribution in [2.45, 2.75) is 50.6 Å². The zero-order valence-electron chi connectivity index (χ0n) is 19.5. The second-order valence-electron chi connectivity index (χ2n) is 9.71. The van der Waals surface area contributed by atoms with Gasteiger partial charge in [-0.05, 0) is 42.2 Å². The maximum atomic E-state index is 13.0. The van der Waals surface area contributed by atoms with Gasteiger partial charge in [-0.2, -0.15) is 0 Å². The van der Waals surface area contributed by atoms with E-state index in [1.165, 1.54) is 0 Å². The van der Waals surface area contributed by atoms with Crippen molar-refractivity contribution >= 4 is 11.7 Å². The first-order chi connectivity index (χ1) is 16.4. The summed E-state index contributed by atoms with van der Waals surface area (Å²) in [6.45, 7) is 5.47. The number of rotatable bonds is 9. The summed E-state index contributed by atoms with van der Waals surface area (Å²) in [5.74, 6) is -0.654. The second kappa shape index (κ2) is 9.39. The molecule has 2 saturated heterocycles. The molecule has 1 aromatic carbocycles. The highest BCUT2D eigenvalue weighted by atomic mass is 19.3. The van der Waals surface area contributed by atoms with E-state index < -0.39 is 11.8 Å². The molecule has 2 aliphatic heterocycles. The van der Waals surface area contributed by atoms with E-state index in [1.54, 1.807) is 12.3 Å². The van der Waals surface area contributed by atoms with Crippen LogP contribution in [0, 0.1) is 5.92 Å². The van der Waals surface area contributed by atoms with E-state index in [-0.39, 0.29) is 31.0 Å². The van der Waals surface area contributed by atoms with Crippen LogP contribution < -0.4 is 14.4 Å². The maximum absolute atomic E-state index is 13.0. The zero-order valence-corrected chi connectivity index (χ0v) is 19.5. The topological polar surface area (TPSA) is 54.9 Å². The molecule has 1 aromatic heterocycles. The Morgan fingerprint density at radius 2 is 1.88 bits per heavy atom. The molecule has 8 heteroatoms. The summed E-state index contributed by atoms with van der Waals surface area (Å²) in [6, 6.07) is 11.7. The number of aromatic nitrogens is 1. The number of carbonyl (C=O) groups is 1. The molecule has 182 valence electrons. The summed E-state index contributed by atoms with van der Waals surface area (Å²) in [5.41, 5.74) is 1.14. The summed E-state index contributed by atoms with van der Waals surface area (Å²) < 4.78 is 37.6. The molecule has 3 atom stereocenters. The van der Waals surface area contributed by atoms with E-state index in [1.807, 2.05) is 35.2 Å². The van der Waals surface area contributed by atoms with Crippen molar-refractivity contribution < 1.29 is 23.0 Å². The number of nitrogens with zero attached hydrogens (tertiary/aromatic N) is 3. The SMILES string of the molecule is C[C@H](CC(=O)N1CCC1)c1ccc(OC2CCN(c3ccc(OCC4CC4(F)F)cn3)C2)cc1. The Morgan fingerprint density at radius 1 is 1.15 bits per heavy atom. The van der Waals surface area contributed by atoms with Crippen LogP contribution in [0.4, 0.5) is 14.6 Å². The van der Waals surface area contributed by atoms with Crippen LogP contribution in [0.2, 0.25) is 0 Å². The van der Waals surface area contributed by atoms with Gasteiger partial charge < -0.3 is 19.3 Å².